The summed E-state index contributed by atoms with van der Waals surface area (Å²) in [5.41, 5.74) is 10.8. The molecule has 0 saturated heterocycles. The van der Waals surface area contributed by atoms with Gasteiger partial charge in [0.2, 0.25) is 5.95 Å². The Balaban J connectivity index is 1.32. The largest absolute Gasteiger partial charge is 0.497 e. The summed E-state index contributed by atoms with van der Waals surface area (Å²) >= 11 is 0. The predicted octanol–water partition coefficient (Wildman–Crippen LogP) is 4.25. The minimum absolute atomic E-state index is 0.137. The number of rotatable bonds is 8. The Labute approximate surface area is 195 Å². The zero-order valence-corrected chi connectivity index (χ0v) is 18.9. The average Bonchev–Trinajstić information content (AvgIpc) is 3.40. The number of nitrogens with two attached hydrogens (primary N) is 1. The average molecular weight is 456 g/mol. The Bertz CT molecular complexity index is 1500. The fraction of sp³-hybridized carbons (Fsp3) is 0.160. The van der Waals surface area contributed by atoms with Crippen LogP contribution >= 0.6 is 0 Å². The molecule has 34 heavy (non-hydrogen) atoms. The van der Waals surface area contributed by atoms with E-state index in [2.05, 4.69) is 36.6 Å². The van der Waals surface area contributed by atoms with E-state index in [4.69, 9.17) is 10.5 Å². The number of methoxy groups -OCH3 is 1. The van der Waals surface area contributed by atoms with Crippen molar-refractivity contribution in [1.29, 1.82) is 0 Å². The molecule has 0 fully saturated rings. The van der Waals surface area contributed by atoms with Gasteiger partial charge in [-0.05, 0) is 55.3 Å². The fourth-order valence-corrected chi connectivity index (χ4v) is 4.03. The van der Waals surface area contributed by atoms with E-state index in [-0.39, 0.29) is 5.69 Å². The first-order valence-electron chi connectivity index (χ1n) is 10.9. The maximum absolute atomic E-state index is 11.9. The number of nitrogens with one attached hydrogen (secondary N) is 4. The van der Waals surface area contributed by atoms with Crippen LogP contribution in [0.4, 0.5) is 17.5 Å². The lowest BCUT2D eigenvalue weighted by molar-refractivity contribution is 0.0995. The van der Waals surface area contributed by atoms with E-state index in [0.29, 0.717) is 18.3 Å². The molecular weight excluding hydrogens is 430 g/mol. The third-order valence-electron chi connectivity index (χ3n) is 5.66. The third-order valence-corrected chi connectivity index (χ3v) is 5.66. The van der Waals surface area contributed by atoms with Crippen LogP contribution in [-0.4, -0.2) is 39.5 Å². The summed E-state index contributed by atoms with van der Waals surface area (Å²) in [6.07, 6.45) is 2.72. The Morgan fingerprint density at radius 1 is 1.09 bits per heavy atom. The molecule has 6 N–H and O–H groups in total. The summed E-state index contributed by atoms with van der Waals surface area (Å²) in [7, 11) is 1.65. The number of primary amides is 1. The van der Waals surface area contributed by atoms with Gasteiger partial charge in [-0.25, -0.2) is 4.98 Å². The van der Waals surface area contributed by atoms with Gasteiger partial charge in [0.05, 0.1) is 7.11 Å². The topological polar surface area (TPSA) is 134 Å². The second-order valence-electron chi connectivity index (χ2n) is 8.11. The van der Waals surface area contributed by atoms with E-state index >= 15 is 0 Å². The van der Waals surface area contributed by atoms with E-state index < -0.39 is 5.91 Å². The van der Waals surface area contributed by atoms with Crippen LogP contribution in [0.1, 0.15) is 21.7 Å². The van der Waals surface area contributed by atoms with Gasteiger partial charge in [-0.1, -0.05) is 0 Å². The summed E-state index contributed by atoms with van der Waals surface area (Å²) in [5, 5.41) is 8.68. The molecular formula is C25H25N7O2. The summed E-state index contributed by atoms with van der Waals surface area (Å²) in [6.45, 7) is 2.59. The number of aromatic amines is 2. The molecule has 5 rings (SSSR count). The van der Waals surface area contributed by atoms with Crippen LogP contribution < -0.4 is 21.1 Å². The highest BCUT2D eigenvalue weighted by Gasteiger charge is 2.11. The fourth-order valence-electron chi connectivity index (χ4n) is 4.03. The van der Waals surface area contributed by atoms with Gasteiger partial charge in [0.1, 0.15) is 17.3 Å². The number of aromatic nitrogens is 4. The van der Waals surface area contributed by atoms with Gasteiger partial charge < -0.3 is 31.1 Å². The minimum atomic E-state index is -0.615. The molecule has 9 nitrogen and oxygen atoms in total. The second kappa shape index (κ2) is 8.78. The van der Waals surface area contributed by atoms with Gasteiger partial charge >= 0.3 is 0 Å². The first-order valence-corrected chi connectivity index (χ1v) is 10.9. The molecule has 0 atom stereocenters. The summed E-state index contributed by atoms with van der Waals surface area (Å²) in [4.78, 5) is 27.2. The molecule has 9 heteroatoms. The van der Waals surface area contributed by atoms with Gasteiger partial charge in [-0.2, -0.15) is 4.98 Å². The summed E-state index contributed by atoms with van der Waals surface area (Å²) in [6, 6.07) is 15.5. The Kier molecular flexibility index (Phi) is 5.51. The number of fused-ring (bicyclic) bond motifs is 2. The number of anilines is 3. The molecule has 172 valence electrons. The molecule has 0 aliphatic carbocycles. The summed E-state index contributed by atoms with van der Waals surface area (Å²) in [5.74, 6) is 1.01. The first kappa shape index (κ1) is 21.3. The number of benzene rings is 2. The molecule has 0 saturated carbocycles. The third kappa shape index (κ3) is 4.36. The molecule has 5 aromatic rings. The number of amides is 1. The summed E-state index contributed by atoms with van der Waals surface area (Å²) < 4.78 is 5.28. The molecule has 3 heterocycles. The minimum Gasteiger partial charge on any atom is -0.497 e. The van der Waals surface area contributed by atoms with Gasteiger partial charge in [-0.15, -0.1) is 0 Å². The van der Waals surface area contributed by atoms with Crippen molar-refractivity contribution in [3.8, 4) is 5.75 Å². The van der Waals surface area contributed by atoms with E-state index in [1.54, 1.807) is 13.2 Å². The van der Waals surface area contributed by atoms with Crippen molar-refractivity contribution in [1.82, 2.24) is 19.9 Å². The highest BCUT2D eigenvalue weighted by Crippen LogP contribution is 2.25. The number of H-pyrrole nitrogens is 2. The van der Waals surface area contributed by atoms with Crippen molar-refractivity contribution in [3.05, 3.63) is 71.7 Å². The van der Waals surface area contributed by atoms with Crippen molar-refractivity contribution in [2.45, 2.75) is 13.3 Å². The van der Waals surface area contributed by atoms with Crippen LogP contribution in [0, 0.1) is 6.92 Å². The Hall–Kier alpha value is -4.53. The number of carbonyl (C=O) groups excluding carboxylic acids is 1. The molecule has 0 aliphatic rings. The smallest absolute Gasteiger partial charge is 0.267 e. The predicted molar refractivity (Wildman–Crippen MR) is 134 cm³/mol. The molecule has 0 spiro atoms. The van der Waals surface area contributed by atoms with Crippen molar-refractivity contribution in [2.75, 3.05) is 24.3 Å². The number of hydrogen-bond acceptors (Lipinski definition) is 6. The number of nitrogens with zero attached hydrogens (tertiary/aromatic N) is 2. The molecule has 2 aromatic carbocycles. The first-order chi connectivity index (χ1) is 16.5. The van der Waals surface area contributed by atoms with Gasteiger partial charge in [0.25, 0.3) is 5.91 Å². The number of hydrogen-bond donors (Lipinski definition) is 5. The number of ether oxygens (including phenoxy) is 1. The molecule has 1 amide bonds. The van der Waals surface area contributed by atoms with Gasteiger partial charge in [-0.3, -0.25) is 4.79 Å². The number of carbonyl (C=O) groups is 1. The normalized spacial score (nSPS) is 11.1. The highest BCUT2D eigenvalue weighted by molar-refractivity contribution is 5.92. The van der Waals surface area contributed by atoms with E-state index in [9.17, 15) is 4.79 Å². The molecule has 0 unspecified atom stereocenters. The Morgan fingerprint density at radius 2 is 1.97 bits per heavy atom. The van der Waals surface area contributed by atoms with Crippen LogP contribution in [-0.2, 0) is 6.42 Å². The van der Waals surface area contributed by atoms with Gasteiger partial charge in [0.15, 0.2) is 0 Å². The highest BCUT2D eigenvalue weighted by atomic mass is 16.5. The SMILES string of the molecule is COc1ccc2c(CCNc3nc(Nc4ccc5[nH]c(C)cc5c4)cc(C(N)=O)n3)c[nH]c2c1. The van der Waals surface area contributed by atoms with Crippen LogP contribution in [0.3, 0.4) is 0 Å². The van der Waals surface area contributed by atoms with Crippen molar-refractivity contribution in [3.63, 3.8) is 0 Å². The maximum atomic E-state index is 11.9. The van der Waals surface area contributed by atoms with E-state index in [1.165, 1.54) is 0 Å². The molecule has 0 radical (unpaired) electrons. The molecule has 0 bridgehead atoms. The standard InChI is InChI=1S/C25H25N7O2/c1-14-9-16-10-17(3-6-20(16)29-14)30-23-12-22(24(26)33)31-25(32-23)27-8-7-15-13-28-21-11-18(34-2)4-5-19(15)21/h3-6,9-13,28-29H,7-8H2,1-2H3,(H2,26,33)(H2,27,30,31,32). The van der Waals surface area contributed by atoms with Crippen molar-refractivity contribution < 1.29 is 9.53 Å². The van der Waals surface area contributed by atoms with Gasteiger partial charge in [0, 0.05) is 58.1 Å². The van der Waals surface area contributed by atoms with E-state index in [0.717, 1.165) is 50.9 Å². The maximum Gasteiger partial charge on any atom is 0.267 e. The van der Waals surface area contributed by atoms with E-state index in [1.807, 2.05) is 49.5 Å². The lowest BCUT2D eigenvalue weighted by atomic mass is 10.1. The van der Waals surface area contributed by atoms with Crippen LogP contribution in [0.15, 0.2) is 54.7 Å². The van der Waals surface area contributed by atoms with Crippen LogP contribution in [0.25, 0.3) is 21.8 Å². The van der Waals surface area contributed by atoms with Crippen LogP contribution in [0.5, 0.6) is 5.75 Å². The zero-order valence-electron chi connectivity index (χ0n) is 18.9. The van der Waals surface area contributed by atoms with Crippen LogP contribution in [0.2, 0.25) is 0 Å². The van der Waals surface area contributed by atoms with Crippen molar-refractivity contribution >= 4 is 45.2 Å². The lowest BCUT2D eigenvalue weighted by Crippen LogP contribution is -2.17. The quantitative estimate of drug-likeness (QED) is 0.237. The lowest BCUT2D eigenvalue weighted by Gasteiger charge is -2.10. The Morgan fingerprint density at radius 3 is 2.79 bits per heavy atom. The monoisotopic (exact) mass is 455 g/mol. The number of aryl methyl sites for hydroxylation is 1. The second-order valence-corrected chi connectivity index (χ2v) is 8.11. The zero-order chi connectivity index (χ0) is 23.7. The van der Waals surface area contributed by atoms with Crippen molar-refractivity contribution in [2.24, 2.45) is 5.73 Å². The molecule has 3 aromatic heterocycles. The molecule has 0 aliphatic heterocycles.